The molecule has 1 aliphatic heterocycles. The SMILES string of the molecule is N#Cc1ccc(N2CCC(Nc3cc(Cc4ccncn4)ncc3C(N)=O)CC2)cc1. The largest absolute Gasteiger partial charge is 0.381 e. The Hall–Kier alpha value is -3.99. The number of nitriles is 1. The Kier molecular flexibility index (Phi) is 6.03. The number of aromatic nitrogens is 3. The molecule has 8 nitrogen and oxygen atoms in total. The number of primary amides is 1. The van der Waals surface area contributed by atoms with Gasteiger partial charge in [0, 0.05) is 55.0 Å². The number of carbonyl (C=O) groups is 1. The summed E-state index contributed by atoms with van der Waals surface area (Å²) in [7, 11) is 0. The van der Waals surface area contributed by atoms with E-state index in [0.717, 1.165) is 43.0 Å². The van der Waals surface area contributed by atoms with Crippen LogP contribution in [0.3, 0.4) is 0 Å². The number of carbonyl (C=O) groups excluding carboxylic acids is 1. The molecule has 3 aromatic rings. The van der Waals surface area contributed by atoms with Crippen molar-refractivity contribution in [3.8, 4) is 6.07 Å². The van der Waals surface area contributed by atoms with Gasteiger partial charge in [0.1, 0.15) is 6.33 Å². The van der Waals surface area contributed by atoms with Crippen LogP contribution in [0.15, 0.2) is 55.1 Å². The number of piperidine rings is 1. The molecule has 2 aromatic heterocycles. The number of hydrogen-bond acceptors (Lipinski definition) is 7. The van der Waals surface area contributed by atoms with E-state index in [1.165, 1.54) is 12.5 Å². The number of anilines is 2. The predicted molar refractivity (Wildman–Crippen MR) is 118 cm³/mol. The van der Waals surface area contributed by atoms with Crippen molar-refractivity contribution in [2.45, 2.75) is 25.3 Å². The second-order valence-corrected chi connectivity index (χ2v) is 7.53. The number of nitrogens with one attached hydrogen (secondary N) is 1. The van der Waals surface area contributed by atoms with Crippen LogP contribution in [0.2, 0.25) is 0 Å². The predicted octanol–water partition coefficient (Wildman–Crippen LogP) is 2.51. The summed E-state index contributed by atoms with van der Waals surface area (Å²) in [6.45, 7) is 1.77. The zero-order valence-electron chi connectivity index (χ0n) is 17.0. The number of nitrogens with zero attached hydrogens (tertiary/aromatic N) is 5. The second-order valence-electron chi connectivity index (χ2n) is 7.53. The van der Waals surface area contributed by atoms with Crippen molar-refractivity contribution in [1.82, 2.24) is 15.0 Å². The number of rotatable bonds is 6. The maximum atomic E-state index is 11.9. The summed E-state index contributed by atoms with van der Waals surface area (Å²) in [6, 6.07) is 13.8. The van der Waals surface area contributed by atoms with Gasteiger partial charge >= 0.3 is 0 Å². The third-order valence-electron chi connectivity index (χ3n) is 5.45. The van der Waals surface area contributed by atoms with Gasteiger partial charge in [-0.25, -0.2) is 9.97 Å². The van der Waals surface area contributed by atoms with Gasteiger partial charge < -0.3 is 16.0 Å². The van der Waals surface area contributed by atoms with Crippen LogP contribution in [0.4, 0.5) is 11.4 Å². The van der Waals surface area contributed by atoms with Gasteiger partial charge in [0.2, 0.25) is 0 Å². The number of nitrogens with two attached hydrogens (primary N) is 1. The Balaban J connectivity index is 1.43. The van der Waals surface area contributed by atoms with Gasteiger partial charge in [-0.3, -0.25) is 9.78 Å². The number of pyridine rings is 1. The van der Waals surface area contributed by atoms with Crippen molar-refractivity contribution in [2.24, 2.45) is 5.73 Å². The van der Waals surface area contributed by atoms with Crippen LogP contribution >= 0.6 is 0 Å². The highest BCUT2D eigenvalue weighted by Gasteiger charge is 2.21. The first-order valence-electron chi connectivity index (χ1n) is 10.2. The standard InChI is InChI=1S/C23H23N7O/c24-13-16-1-3-20(4-2-16)30-9-6-17(7-10-30)29-22-12-19(27-14-21(22)23(25)31)11-18-5-8-26-15-28-18/h1-5,8,12,14-15,17H,6-7,9-11H2,(H2,25,31)(H,27,29). The number of hydrogen-bond donors (Lipinski definition) is 2. The lowest BCUT2D eigenvalue weighted by Gasteiger charge is -2.34. The molecule has 4 rings (SSSR count). The number of benzene rings is 1. The molecule has 0 spiro atoms. The summed E-state index contributed by atoms with van der Waals surface area (Å²) in [5.74, 6) is -0.501. The van der Waals surface area contributed by atoms with Crippen molar-refractivity contribution < 1.29 is 4.79 Å². The average molecular weight is 413 g/mol. The van der Waals surface area contributed by atoms with E-state index >= 15 is 0 Å². The molecule has 0 radical (unpaired) electrons. The van der Waals surface area contributed by atoms with E-state index in [2.05, 4.69) is 31.2 Å². The molecule has 0 unspecified atom stereocenters. The first kappa shape index (κ1) is 20.3. The average Bonchev–Trinajstić information content (AvgIpc) is 2.80. The molecule has 156 valence electrons. The maximum absolute atomic E-state index is 11.9. The zero-order chi connectivity index (χ0) is 21.6. The Bertz CT molecular complexity index is 1090. The van der Waals surface area contributed by atoms with E-state index in [1.54, 1.807) is 6.20 Å². The molecule has 3 heterocycles. The normalized spacial score (nSPS) is 14.1. The van der Waals surface area contributed by atoms with E-state index in [-0.39, 0.29) is 6.04 Å². The molecule has 0 atom stereocenters. The molecule has 1 aromatic carbocycles. The molecule has 1 fully saturated rings. The van der Waals surface area contributed by atoms with Crippen LogP contribution < -0.4 is 16.0 Å². The van der Waals surface area contributed by atoms with Gasteiger partial charge in [-0.05, 0) is 49.2 Å². The number of amides is 1. The van der Waals surface area contributed by atoms with Crippen LogP contribution in [0.1, 0.15) is 40.2 Å². The third-order valence-corrected chi connectivity index (χ3v) is 5.45. The van der Waals surface area contributed by atoms with E-state index in [9.17, 15) is 4.79 Å². The fraction of sp³-hybridized carbons (Fsp3) is 0.261. The van der Waals surface area contributed by atoms with Crippen LogP contribution in [-0.2, 0) is 6.42 Å². The summed E-state index contributed by atoms with van der Waals surface area (Å²) < 4.78 is 0. The van der Waals surface area contributed by atoms with Crippen LogP contribution in [0, 0.1) is 11.3 Å². The van der Waals surface area contributed by atoms with Crippen molar-refractivity contribution in [2.75, 3.05) is 23.3 Å². The molecule has 1 aliphatic rings. The highest BCUT2D eigenvalue weighted by atomic mass is 16.1. The lowest BCUT2D eigenvalue weighted by molar-refractivity contribution is 0.100. The molecular formula is C23H23N7O. The highest BCUT2D eigenvalue weighted by Crippen LogP contribution is 2.24. The van der Waals surface area contributed by atoms with Gasteiger partial charge in [-0.2, -0.15) is 5.26 Å². The fourth-order valence-corrected chi connectivity index (χ4v) is 3.77. The summed E-state index contributed by atoms with van der Waals surface area (Å²) in [5.41, 5.74) is 10.1. The zero-order valence-corrected chi connectivity index (χ0v) is 17.0. The minimum absolute atomic E-state index is 0.224. The molecule has 31 heavy (non-hydrogen) atoms. The molecule has 0 saturated carbocycles. The van der Waals surface area contributed by atoms with Crippen LogP contribution in [0.25, 0.3) is 0 Å². The van der Waals surface area contributed by atoms with E-state index in [1.807, 2.05) is 36.4 Å². The fourth-order valence-electron chi connectivity index (χ4n) is 3.77. The summed E-state index contributed by atoms with van der Waals surface area (Å²) in [5, 5.41) is 12.5. The van der Waals surface area contributed by atoms with E-state index < -0.39 is 5.91 Å². The minimum Gasteiger partial charge on any atom is -0.381 e. The Labute approximate surface area is 180 Å². The monoisotopic (exact) mass is 413 g/mol. The quantitative estimate of drug-likeness (QED) is 0.637. The van der Waals surface area contributed by atoms with Gasteiger partial charge in [-0.1, -0.05) is 0 Å². The first-order valence-corrected chi connectivity index (χ1v) is 10.2. The smallest absolute Gasteiger partial charge is 0.252 e. The molecule has 1 saturated heterocycles. The molecule has 8 heteroatoms. The van der Waals surface area contributed by atoms with Gasteiger partial charge in [-0.15, -0.1) is 0 Å². The lowest BCUT2D eigenvalue weighted by atomic mass is 10.0. The molecule has 0 bridgehead atoms. The first-order chi connectivity index (χ1) is 15.1. The summed E-state index contributed by atoms with van der Waals surface area (Å²) in [4.78, 5) is 26.8. The van der Waals surface area contributed by atoms with Gasteiger partial charge in [0.05, 0.1) is 22.9 Å². The van der Waals surface area contributed by atoms with Crippen molar-refractivity contribution in [3.63, 3.8) is 0 Å². The maximum Gasteiger partial charge on any atom is 0.252 e. The topological polar surface area (TPSA) is 121 Å². The van der Waals surface area contributed by atoms with Crippen molar-refractivity contribution in [3.05, 3.63) is 77.6 Å². The van der Waals surface area contributed by atoms with E-state index in [4.69, 9.17) is 11.0 Å². The van der Waals surface area contributed by atoms with Gasteiger partial charge in [0.25, 0.3) is 5.91 Å². The minimum atomic E-state index is -0.501. The molecule has 1 amide bonds. The van der Waals surface area contributed by atoms with Crippen LogP contribution in [-0.4, -0.2) is 40.0 Å². The Morgan fingerprint density at radius 1 is 1.16 bits per heavy atom. The Morgan fingerprint density at radius 2 is 1.94 bits per heavy atom. The highest BCUT2D eigenvalue weighted by molar-refractivity contribution is 5.98. The van der Waals surface area contributed by atoms with Crippen molar-refractivity contribution in [1.29, 1.82) is 5.26 Å². The molecular weight excluding hydrogens is 390 g/mol. The lowest BCUT2D eigenvalue weighted by Crippen LogP contribution is -2.39. The van der Waals surface area contributed by atoms with Crippen molar-refractivity contribution >= 4 is 17.3 Å². The Morgan fingerprint density at radius 3 is 2.58 bits per heavy atom. The third kappa shape index (κ3) is 4.95. The second kappa shape index (κ2) is 9.22. The molecule has 3 N–H and O–H groups in total. The summed E-state index contributed by atoms with van der Waals surface area (Å²) >= 11 is 0. The summed E-state index contributed by atoms with van der Waals surface area (Å²) in [6.07, 6.45) is 7.12. The van der Waals surface area contributed by atoms with Gasteiger partial charge in [0.15, 0.2) is 0 Å². The van der Waals surface area contributed by atoms with E-state index in [0.29, 0.717) is 23.2 Å². The van der Waals surface area contributed by atoms with Crippen LogP contribution in [0.5, 0.6) is 0 Å². The molecule has 0 aliphatic carbocycles.